The van der Waals surface area contributed by atoms with Crippen molar-refractivity contribution in [1.82, 2.24) is 9.03 Å². The molecule has 1 amide bonds. The van der Waals surface area contributed by atoms with Gasteiger partial charge in [-0.1, -0.05) is 23.2 Å². The summed E-state index contributed by atoms with van der Waals surface area (Å²) in [5.41, 5.74) is 0.272. The second-order valence-corrected chi connectivity index (χ2v) is 10.5. The van der Waals surface area contributed by atoms with E-state index in [2.05, 4.69) is 26.0 Å². The number of amides is 1. The number of rotatable bonds is 3. The number of hydrogen-bond donors (Lipinski definition) is 2. The second-order valence-electron chi connectivity index (χ2n) is 5.83. The summed E-state index contributed by atoms with van der Waals surface area (Å²) in [6.45, 7) is 0. The van der Waals surface area contributed by atoms with E-state index in [1.54, 1.807) is 6.07 Å². The molecule has 1 aromatic heterocycles. The van der Waals surface area contributed by atoms with Crippen molar-refractivity contribution in [3.05, 3.63) is 48.8 Å². The van der Waals surface area contributed by atoms with Crippen molar-refractivity contribution in [2.45, 2.75) is 18.5 Å². The number of carbonyl (C=O) groups is 1. The van der Waals surface area contributed by atoms with Crippen LogP contribution in [0.3, 0.4) is 0 Å². The van der Waals surface area contributed by atoms with Crippen LogP contribution in [0, 0.1) is 5.82 Å². The zero-order valence-electron chi connectivity index (χ0n) is 13.7. The molecule has 1 fully saturated rings. The Balaban J connectivity index is 1.85. The first kappa shape index (κ1) is 21.0. The molecule has 1 aliphatic rings. The number of carbonyl (C=O) groups excluding carboxylic acids is 1. The van der Waals surface area contributed by atoms with Gasteiger partial charge in [-0.25, -0.2) is 4.39 Å². The first-order valence-electron chi connectivity index (χ1n) is 7.54. The van der Waals surface area contributed by atoms with Crippen LogP contribution >= 0.6 is 50.5 Å². The number of nitrogens with zero attached hydrogens (tertiary/aromatic N) is 1. The highest BCUT2D eigenvalue weighted by atomic mass is 79.9. The highest BCUT2D eigenvalue weighted by Crippen LogP contribution is 2.38. The first-order valence-corrected chi connectivity index (χ1v) is 11.3. The van der Waals surface area contributed by atoms with E-state index in [-0.39, 0.29) is 17.1 Å². The molecule has 1 saturated heterocycles. The summed E-state index contributed by atoms with van der Waals surface area (Å²) in [5.74, 6) is -1.16. The molecule has 146 valence electrons. The van der Waals surface area contributed by atoms with E-state index < -0.39 is 34.0 Å². The van der Waals surface area contributed by atoms with Crippen molar-refractivity contribution in [2.24, 2.45) is 0 Å². The molecular weight excluding hydrogens is 504 g/mol. The van der Waals surface area contributed by atoms with Gasteiger partial charge in [-0.3, -0.25) is 4.79 Å². The minimum absolute atomic E-state index is 0.143. The van der Waals surface area contributed by atoms with Gasteiger partial charge in [0.05, 0.1) is 11.1 Å². The average molecular weight is 517 g/mol. The van der Waals surface area contributed by atoms with E-state index in [4.69, 9.17) is 23.2 Å². The van der Waals surface area contributed by atoms with Crippen LogP contribution in [0.4, 0.5) is 10.1 Å². The van der Waals surface area contributed by atoms with Gasteiger partial charge in [0, 0.05) is 22.1 Å². The molecule has 2 atom stereocenters. The maximum atomic E-state index is 13.3. The molecule has 6 nitrogen and oxygen atoms in total. The number of anilines is 1. The molecule has 0 radical (unpaired) electrons. The van der Waals surface area contributed by atoms with Crippen LogP contribution in [0.5, 0.6) is 0 Å². The fraction of sp³-hybridized carbons (Fsp3) is 0.267. The van der Waals surface area contributed by atoms with Crippen molar-refractivity contribution in [1.29, 1.82) is 0 Å². The van der Waals surface area contributed by atoms with E-state index in [0.717, 1.165) is 10.4 Å². The Morgan fingerprint density at radius 2 is 2.11 bits per heavy atom. The first-order chi connectivity index (χ1) is 12.6. The van der Waals surface area contributed by atoms with Gasteiger partial charge in [0.25, 0.3) is 10.2 Å². The van der Waals surface area contributed by atoms with Crippen LogP contribution in [0.1, 0.15) is 17.3 Å². The number of hydrogen-bond acceptors (Lipinski definition) is 4. The van der Waals surface area contributed by atoms with Gasteiger partial charge in [-0.05, 0) is 46.6 Å². The fourth-order valence-corrected chi connectivity index (χ4v) is 5.95. The van der Waals surface area contributed by atoms with Crippen molar-refractivity contribution in [3.8, 4) is 0 Å². The summed E-state index contributed by atoms with van der Waals surface area (Å²) in [4.78, 5) is 13.4. The molecule has 1 aromatic carbocycles. The zero-order valence-corrected chi connectivity index (χ0v) is 18.4. The van der Waals surface area contributed by atoms with Crippen molar-refractivity contribution in [3.63, 3.8) is 0 Å². The maximum absolute atomic E-state index is 13.3. The van der Waals surface area contributed by atoms with E-state index in [1.807, 2.05) is 0 Å². The standard InChI is InChI=1S/C15H13BrCl2FN3O3S2/c1-22-12(15(23)20-7-2-3-10(19)9(17)4-7)6-11(21-27(22,24)25)13-5-8(16)14(18)26-13/h2-5,11-12,21H,6H2,1H3,(H,20,23)/t11-,12+/m0/s1. The Kier molecular flexibility index (Phi) is 6.17. The molecule has 2 aromatic rings. The molecule has 0 aliphatic carbocycles. The third kappa shape index (κ3) is 4.47. The lowest BCUT2D eigenvalue weighted by molar-refractivity contribution is -0.120. The van der Waals surface area contributed by atoms with Gasteiger partial charge in [0.1, 0.15) is 16.2 Å². The lowest BCUT2D eigenvalue weighted by Crippen LogP contribution is -2.55. The second kappa shape index (κ2) is 7.94. The SMILES string of the molecule is CN1[C@@H](C(=O)Nc2ccc(F)c(Cl)c2)C[C@@H](c2cc(Br)c(Cl)s2)NS1(=O)=O. The molecule has 2 heterocycles. The summed E-state index contributed by atoms with van der Waals surface area (Å²) in [6, 6.07) is 3.88. The lowest BCUT2D eigenvalue weighted by Gasteiger charge is -2.35. The van der Waals surface area contributed by atoms with Crippen LogP contribution in [0.2, 0.25) is 9.36 Å². The van der Waals surface area contributed by atoms with Gasteiger partial charge < -0.3 is 5.32 Å². The molecule has 0 saturated carbocycles. The molecule has 1 aliphatic heterocycles. The van der Waals surface area contributed by atoms with Gasteiger partial charge in [-0.2, -0.15) is 17.4 Å². The normalized spacial score (nSPS) is 22.6. The topological polar surface area (TPSA) is 78.5 Å². The highest BCUT2D eigenvalue weighted by molar-refractivity contribution is 9.10. The summed E-state index contributed by atoms with van der Waals surface area (Å²) >= 11 is 16.3. The van der Waals surface area contributed by atoms with Crippen molar-refractivity contribution >= 4 is 72.3 Å². The number of likely N-dealkylation sites (N-methyl/N-ethyl adjacent to an activating group) is 1. The molecule has 12 heteroatoms. The Labute approximate surface area is 178 Å². The summed E-state index contributed by atoms with van der Waals surface area (Å²) in [7, 11) is -2.56. The monoisotopic (exact) mass is 515 g/mol. The van der Waals surface area contributed by atoms with Gasteiger partial charge >= 0.3 is 0 Å². The quantitative estimate of drug-likeness (QED) is 0.642. The molecule has 2 N–H and O–H groups in total. The van der Waals surface area contributed by atoms with Crippen molar-refractivity contribution in [2.75, 3.05) is 12.4 Å². The predicted octanol–water partition coefficient (Wildman–Crippen LogP) is 4.17. The summed E-state index contributed by atoms with van der Waals surface area (Å²) in [6.07, 6.45) is 0.194. The minimum atomic E-state index is -3.88. The fourth-order valence-electron chi connectivity index (χ4n) is 2.63. The third-order valence-corrected chi connectivity index (χ3v) is 8.54. The Morgan fingerprint density at radius 3 is 2.70 bits per heavy atom. The van der Waals surface area contributed by atoms with Gasteiger partial charge in [0.15, 0.2) is 0 Å². The Morgan fingerprint density at radius 1 is 1.41 bits per heavy atom. The van der Waals surface area contributed by atoms with E-state index in [1.165, 1.54) is 30.5 Å². The van der Waals surface area contributed by atoms with Crippen LogP contribution in [-0.2, 0) is 15.0 Å². The Hall–Kier alpha value is -0.750. The van der Waals surface area contributed by atoms with E-state index in [9.17, 15) is 17.6 Å². The average Bonchev–Trinajstić information content (AvgIpc) is 2.92. The van der Waals surface area contributed by atoms with Gasteiger partial charge in [0.2, 0.25) is 5.91 Å². The predicted molar refractivity (Wildman–Crippen MR) is 108 cm³/mol. The van der Waals surface area contributed by atoms with Crippen molar-refractivity contribution < 1.29 is 17.6 Å². The molecule has 0 unspecified atom stereocenters. The largest absolute Gasteiger partial charge is 0.325 e. The highest BCUT2D eigenvalue weighted by Gasteiger charge is 2.41. The van der Waals surface area contributed by atoms with E-state index >= 15 is 0 Å². The van der Waals surface area contributed by atoms with Crippen LogP contribution in [-0.4, -0.2) is 31.7 Å². The number of nitrogens with one attached hydrogen (secondary N) is 2. The minimum Gasteiger partial charge on any atom is -0.325 e. The van der Waals surface area contributed by atoms with Crippen LogP contribution < -0.4 is 10.0 Å². The lowest BCUT2D eigenvalue weighted by atomic mass is 10.1. The summed E-state index contributed by atoms with van der Waals surface area (Å²) in [5, 5.41) is 2.44. The van der Waals surface area contributed by atoms with E-state index in [0.29, 0.717) is 13.7 Å². The number of halogens is 4. The molecule has 0 bridgehead atoms. The molecule has 0 spiro atoms. The third-order valence-electron chi connectivity index (χ3n) is 4.07. The molecule has 27 heavy (non-hydrogen) atoms. The van der Waals surface area contributed by atoms with Gasteiger partial charge in [-0.15, -0.1) is 11.3 Å². The summed E-state index contributed by atoms with van der Waals surface area (Å²) < 4.78 is 42.8. The number of thiophene rings is 1. The maximum Gasteiger partial charge on any atom is 0.280 e. The molecule has 3 rings (SSSR count). The Bertz CT molecular complexity index is 983. The number of benzene rings is 1. The van der Waals surface area contributed by atoms with Crippen LogP contribution in [0.25, 0.3) is 0 Å². The molecular formula is C15H13BrCl2FN3O3S2. The zero-order chi connectivity index (χ0) is 19.9. The van der Waals surface area contributed by atoms with Crippen LogP contribution in [0.15, 0.2) is 28.7 Å². The smallest absolute Gasteiger partial charge is 0.280 e.